The number of nitriles is 3. The molecule has 4 rings (SSSR count). The molecule has 3 unspecified atom stereocenters. The number of rotatable bonds is 6. The second-order valence-corrected chi connectivity index (χ2v) is 9.50. The van der Waals surface area contributed by atoms with Crippen molar-refractivity contribution in [2.75, 3.05) is 0 Å². The molecule has 3 aromatic rings. The number of hydrogen-bond donors (Lipinski definition) is 0. The fourth-order valence-electron chi connectivity index (χ4n) is 5.43. The van der Waals surface area contributed by atoms with Crippen LogP contribution in [0, 0.1) is 139 Å². The van der Waals surface area contributed by atoms with E-state index in [1.54, 1.807) is 0 Å². The summed E-state index contributed by atoms with van der Waals surface area (Å²) in [7, 11) is 0. The molecular formula is C27H6F15N3. The van der Waals surface area contributed by atoms with Crippen molar-refractivity contribution >= 4 is 0 Å². The Morgan fingerprint density at radius 3 is 0.556 bits per heavy atom. The second-order valence-electron chi connectivity index (χ2n) is 9.50. The number of benzene rings is 3. The molecule has 0 bridgehead atoms. The monoisotopic (exact) mass is 657 g/mol. The first-order valence-electron chi connectivity index (χ1n) is 11.7. The molecule has 45 heavy (non-hydrogen) atoms. The third-order valence-electron chi connectivity index (χ3n) is 7.43. The first-order valence-corrected chi connectivity index (χ1v) is 11.7. The van der Waals surface area contributed by atoms with E-state index >= 15 is 0 Å². The molecule has 1 saturated carbocycles. The molecule has 3 nitrogen and oxygen atoms in total. The van der Waals surface area contributed by atoms with Gasteiger partial charge in [0, 0.05) is 16.7 Å². The Labute approximate surface area is 239 Å². The Morgan fingerprint density at radius 1 is 0.289 bits per heavy atom. The molecule has 0 spiro atoms. The van der Waals surface area contributed by atoms with Crippen molar-refractivity contribution in [2.45, 2.75) is 17.8 Å². The van der Waals surface area contributed by atoms with Crippen molar-refractivity contribution < 1.29 is 65.9 Å². The van der Waals surface area contributed by atoms with Crippen molar-refractivity contribution in [1.29, 1.82) is 15.8 Å². The van der Waals surface area contributed by atoms with E-state index in [1.807, 2.05) is 0 Å². The summed E-state index contributed by atoms with van der Waals surface area (Å²) in [4.78, 5) is 0. The number of halogens is 15. The van der Waals surface area contributed by atoms with Crippen molar-refractivity contribution in [1.82, 2.24) is 0 Å². The van der Waals surface area contributed by atoms with Crippen LogP contribution in [0.15, 0.2) is 0 Å². The molecule has 0 N–H and O–H groups in total. The molecule has 0 amide bonds. The lowest BCUT2D eigenvalue weighted by Crippen LogP contribution is -2.16. The van der Waals surface area contributed by atoms with E-state index < -0.39 is 139 Å². The molecule has 1 aliphatic carbocycles. The van der Waals surface area contributed by atoms with Crippen LogP contribution in [0.3, 0.4) is 0 Å². The highest BCUT2D eigenvalue weighted by Gasteiger charge is 2.64. The van der Waals surface area contributed by atoms with Crippen LogP contribution in [0.2, 0.25) is 0 Å². The van der Waals surface area contributed by atoms with Gasteiger partial charge in [-0.25, -0.2) is 65.9 Å². The summed E-state index contributed by atoms with van der Waals surface area (Å²) in [5.74, 6) is -56.1. The fraction of sp³-hybridized carbons (Fsp3) is 0.222. The van der Waals surface area contributed by atoms with Gasteiger partial charge in [0.25, 0.3) is 0 Å². The van der Waals surface area contributed by atoms with E-state index in [9.17, 15) is 81.6 Å². The highest BCUT2D eigenvalue weighted by molar-refractivity contribution is 5.43. The predicted molar refractivity (Wildman–Crippen MR) is 114 cm³/mol. The van der Waals surface area contributed by atoms with Crippen molar-refractivity contribution in [3.63, 3.8) is 0 Å². The van der Waals surface area contributed by atoms with Crippen molar-refractivity contribution in [3.8, 4) is 18.2 Å². The van der Waals surface area contributed by atoms with Gasteiger partial charge in [-0.15, -0.1) is 0 Å². The van der Waals surface area contributed by atoms with E-state index in [4.69, 9.17) is 0 Å². The largest absolute Gasteiger partial charge is 0.203 e. The summed E-state index contributed by atoms with van der Waals surface area (Å²) >= 11 is 0. The molecule has 0 radical (unpaired) electrons. The van der Waals surface area contributed by atoms with Crippen LogP contribution < -0.4 is 0 Å². The zero-order valence-corrected chi connectivity index (χ0v) is 21.0. The smallest absolute Gasteiger partial charge is 0.200 e. The van der Waals surface area contributed by atoms with Crippen molar-refractivity contribution in [2.24, 2.45) is 17.8 Å². The van der Waals surface area contributed by atoms with Gasteiger partial charge < -0.3 is 0 Å². The zero-order chi connectivity index (χ0) is 34.0. The Kier molecular flexibility index (Phi) is 8.46. The van der Waals surface area contributed by atoms with Crippen molar-refractivity contribution in [3.05, 3.63) is 104 Å². The molecule has 234 valence electrons. The first kappa shape index (κ1) is 33.0. The molecule has 3 aromatic carbocycles. The van der Waals surface area contributed by atoms with Gasteiger partial charge in [0.05, 0.1) is 36.0 Å². The highest BCUT2D eigenvalue weighted by atomic mass is 19.2. The molecule has 1 fully saturated rings. The second kappa shape index (κ2) is 11.5. The third kappa shape index (κ3) is 4.69. The van der Waals surface area contributed by atoms with Gasteiger partial charge in [0.15, 0.2) is 69.8 Å². The summed E-state index contributed by atoms with van der Waals surface area (Å²) < 4.78 is 213. The molecule has 18 heteroatoms. The standard InChI is InChI=1S/C27H6F15N3/c28-13-10(14(29)20(35)25(40)19(13)34)4(1-43)7-8(5(2-44)11-15(30)21(36)26(41)22(37)16(11)31)9(7)6(3-45)12-17(32)23(38)27(42)24(39)18(12)33/h4-9H. The van der Waals surface area contributed by atoms with Crippen LogP contribution in [0.5, 0.6) is 0 Å². The average molecular weight is 657 g/mol. The fourth-order valence-corrected chi connectivity index (χ4v) is 5.43. The normalized spacial score (nSPS) is 19.3. The summed E-state index contributed by atoms with van der Waals surface area (Å²) in [6, 6.07) is 3.10. The Hall–Kier alpha value is -4.92. The highest BCUT2D eigenvalue weighted by Crippen LogP contribution is 2.66. The summed E-state index contributed by atoms with van der Waals surface area (Å²) in [5, 5.41) is 29.2. The average Bonchev–Trinajstić information content (AvgIpc) is 3.74. The van der Waals surface area contributed by atoms with E-state index in [0.29, 0.717) is 0 Å². The Balaban J connectivity index is 2.05. The molecule has 0 saturated heterocycles. The van der Waals surface area contributed by atoms with Crippen LogP contribution in [-0.2, 0) is 0 Å². The van der Waals surface area contributed by atoms with E-state index in [2.05, 4.69) is 0 Å². The Morgan fingerprint density at radius 2 is 0.422 bits per heavy atom. The maximum atomic E-state index is 14.7. The lowest BCUT2D eigenvalue weighted by atomic mass is 9.87. The molecule has 3 atom stereocenters. The van der Waals surface area contributed by atoms with Gasteiger partial charge in [-0.1, -0.05) is 0 Å². The molecule has 0 aliphatic heterocycles. The van der Waals surface area contributed by atoms with E-state index in [-0.39, 0.29) is 0 Å². The van der Waals surface area contributed by atoms with Crippen LogP contribution >= 0.6 is 0 Å². The summed E-state index contributed by atoms with van der Waals surface area (Å²) in [5.41, 5.74) is -6.06. The van der Waals surface area contributed by atoms with Gasteiger partial charge in [-0.05, 0) is 17.8 Å². The van der Waals surface area contributed by atoms with Gasteiger partial charge in [-0.2, -0.15) is 15.8 Å². The van der Waals surface area contributed by atoms with Gasteiger partial charge in [0.1, 0.15) is 0 Å². The molecule has 1 aliphatic rings. The zero-order valence-electron chi connectivity index (χ0n) is 21.0. The van der Waals surface area contributed by atoms with E-state index in [1.165, 1.54) is 0 Å². The lowest BCUT2D eigenvalue weighted by molar-refractivity contribution is 0.360. The minimum atomic E-state index is -2.82. The number of nitrogens with zero attached hydrogens (tertiary/aromatic N) is 3. The van der Waals surface area contributed by atoms with E-state index in [0.717, 1.165) is 18.2 Å². The minimum absolute atomic E-state index is 1.03. The number of hydrogen-bond acceptors (Lipinski definition) is 3. The summed E-state index contributed by atoms with van der Waals surface area (Å²) in [6.45, 7) is 0. The van der Waals surface area contributed by atoms with Crippen LogP contribution in [0.4, 0.5) is 65.9 Å². The molecular weight excluding hydrogens is 651 g/mol. The van der Waals surface area contributed by atoms with Crippen LogP contribution in [0.1, 0.15) is 34.4 Å². The minimum Gasteiger partial charge on any atom is -0.203 e. The van der Waals surface area contributed by atoms with Crippen LogP contribution in [0.25, 0.3) is 0 Å². The molecule has 0 heterocycles. The van der Waals surface area contributed by atoms with Gasteiger partial charge in [0.2, 0.25) is 17.5 Å². The van der Waals surface area contributed by atoms with Crippen LogP contribution in [-0.4, -0.2) is 0 Å². The quantitative estimate of drug-likeness (QED) is 0.154. The maximum absolute atomic E-state index is 14.7. The molecule has 0 aromatic heterocycles. The maximum Gasteiger partial charge on any atom is 0.200 e. The first-order chi connectivity index (χ1) is 21.0. The topological polar surface area (TPSA) is 71.4 Å². The Bertz CT molecular complexity index is 1600. The SMILES string of the molecule is N#CC(c1c(F)c(F)c(F)c(F)c1F)C1C(C(C#N)c2c(F)c(F)c(F)c(F)c2F)C1C(C#N)c1c(F)c(F)c(F)c(F)c1F. The lowest BCUT2D eigenvalue weighted by Gasteiger charge is -2.16. The van der Waals surface area contributed by atoms with Gasteiger partial charge in [-0.3, -0.25) is 0 Å². The summed E-state index contributed by atoms with van der Waals surface area (Å²) in [6.07, 6.45) is 0. The predicted octanol–water partition coefficient (Wildman–Crippen LogP) is 7.86. The third-order valence-corrected chi connectivity index (χ3v) is 7.43. The van der Waals surface area contributed by atoms with Gasteiger partial charge >= 0.3 is 0 Å².